The first-order valence-electron chi connectivity index (χ1n) is 20.1. The largest absolute Gasteiger partial charge is 0.507 e. The number of phenolic OH excluding ortho intramolecular Hbond substituents is 1. The maximum Gasteiger partial charge on any atom is 0.199 e. The van der Waals surface area contributed by atoms with E-state index >= 15 is 0 Å². The molecule has 1 aromatic rings. The molecule has 3 fully saturated rings. The number of nitrogens with two attached hydrogens (primary N) is 1. The average molecular weight is 836 g/mol. The van der Waals surface area contributed by atoms with Gasteiger partial charge in [-0.05, 0) is 65.3 Å². The Kier molecular flexibility index (Phi) is 10.8. The number of ketones is 5. The standard InChI is InChI=1S/C43H49NO16/c1-18-26(45)8-10-32(55-18)58-29-9-11-33(56-20(29)3)60-41(5)16-31(48)43(53)35-24(12-13-42(43,52)17-41)37(50)34-23(38(35)51)7-6-22(36(34)49)30-15-28(47)39(21(4)54-30)59-40-25(44)14-27(46)19(2)57-40/h6-8,10,12-14,18-21,28-30,32-33,39-40,47,49,52-53H,9,11,15-17,44H2,1-5H3/t18-,19-,20-,21+,28+,29-,30+,32-,33-,39+,40-,41-,42-,43-/m0/s1. The summed E-state index contributed by atoms with van der Waals surface area (Å²) in [6, 6.07) is 2.63. The van der Waals surface area contributed by atoms with Gasteiger partial charge in [0.2, 0.25) is 0 Å². The molecule has 4 heterocycles. The fourth-order valence-corrected chi connectivity index (χ4v) is 9.40. The summed E-state index contributed by atoms with van der Waals surface area (Å²) in [5.74, 6) is -3.83. The van der Waals surface area contributed by atoms with Gasteiger partial charge in [-0.2, -0.15) is 0 Å². The number of hydrogen-bond donors (Lipinski definition) is 5. The van der Waals surface area contributed by atoms with Gasteiger partial charge in [-0.3, -0.25) is 24.0 Å². The highest BCUT2D eigenvalue weighted by Gasteiger charge is 2.67. The molecule has 1 aromatic carbocycles. The first-order chi connectivity index (χ1) is 28.2. The Morgan fingerprint density at radius 2 is 1.60 bits per heavy atom. The second-order valence-corrected chi connectivity index (χ2v) is 17.0. The van der Waals surface area contributed by atoms with Crippen molar-refractivity contribution in [2.75, 3.05) is 0 Å². The number of carbonyl (C=O) groups excluding carboxylic acids is 5. The summed E-state index contributed by atoms with van der Waals surface area (Å²) in [7, 11) is 0. The van der Waals surface area contributed by atoms with Gasteiger partial charge in [0, 0.05) is 48.5 Å². The molecule has 2 saturated heterocycles. The SMILES string of the molecule is C[C@@H]1O[C@@H](O[C@H]2CC[C@H](O[C@@]3(C)CC(=O)[C@]4(O)C5=C(C=C[C@]4(O)C3)C(=O)c3c(ccc([C@H]4C[C@@H](O)[C@H](O[C@@H]6O[C@@H](C)C(=O)C=C6N)[C@@H](C)O4)c3O)C5=O)O[C@H]2C)C=CC1=O. The molecule has 0 radical (unpaired) electrons. The Labute approximate surface area is 344 Å². The average Bonchev–Trinajstić information content (AvgIpc) is 3.17. The van der Waals surface area contributed by atoms with Crippen molar-refractivity contribution in [3.63, 3.8) is 0 Å². The van der Waals surface area contributed by atoms with E-state index in [4.69, 9.17) is 38.9 Å². The lowest BCUT2D eigenvalue weighted by molar-refractivity contribution is -0.290. The third-order valence-corrected chi connectivity index (χ3v) is 12.6. The van der Waals surface area contributed by atoms with Crippen LogP contribution in [0.15, 0.2) is 59.4 Å². The molecule has 0 spiro atoms. The van der Waals surface area contributed by atoms with E-state index in [1.807, 2.05) is 0 Å². The highest BCUT2D eigenvalue weighted by molar-refractivity contribution is 6.32. The van der Waals surface area contributed by atoms with Crippen LogP contribution in [0.3, 0.4) is 0 Å². The number of fused-ring (bicyclic) bond motifs is 3. The van der Waals surface area contributed by atoms with Crippen molar-refractivity contribution in [3.05, 3.63) is 76.0 Å². The zero-order chi connectivity index (χ0) is 43.2. The van der Waals surface area contributed by atoms with Gasteiger partial charge in [0.25, 0.3) is 0 Å². The van der Waals surface area contributed by atoms with Crippen LogP contribution in [0, 0.1) is 0 Å². The number of aromatic hydroxyl groups is 1. The van der Waals surface area contributed by atoms with Crippen molar-refractivity contribution < 1.29 is 77.6 Å². The lowest BCUT2D eigenvalue weighted by Crippen LogP contribution is -2.69. The first kappa shape index (κ1) is 42.4. The van der Waals surface area contributed by atoms with Gasteiger partial charge < -0.3 is 59.3 Å². The Morgan fingerprint density at radius 1 is 0.867 bits per heavy atom. The molecule has 6 N–H and O–H groups in total. The van der Waals surface area contributed by atoms with Gasteiger partial charge in [0.05, 0.1) is 53.0 Å². The lowest BCUT2D eigenvalue weighted by atomic mass is 9.57. The minimum absolute atomic E-state index is 0.0327. The summed E-state index contributed by atoms with van der Waals surface area (Å²) < 4.78 is 41.7. The van der Waals surface area contributed by atoms with Crippen LogP contribution in [-0.2, 0) is 47.5 Å². The number of aliphatic hydroxyl groups excluding tert-OH is 1. The van der Waals surface area contributed by atoms with Crippen LogP contribution in [0.5, 0.6) is 5.75 Å². The molecule has 17 nitrogen and oxygen atoms in total. The quantitative estimate of drug-likeness (QED) is 0.262. The molecule has 17 heteroatoms. The van der Waals surface area contributed by atoms with Crippen LogP contribution in [0.25, 0.3) is 0 Å². The summed E-state index contributed by atoms with van der Waals surface area (Å²) in [6.45, 7) is 8.18. The second kappa shape index (κ2) is 15.3. The van der Waals surface area contributed by atoms with Crippen LogP contribution in [0.1, 0.15) is 99.1 Å². The Hall–Kier alpha value is -4.27. The van der Waals surface area contributed by atoms with Gasteiger partial charge >= 0.3 is 0 Å². The molecule has 0 amide bonds. The number of carbonyl (C=O) groups is 5. The lowest BCUT2D eigenvalue weighted by Gasteiger charge is -2.53. The summed E-state index contributed by atoms with van der Waals surface area (Å²) in [4.78, 5) is 66.4. The van der Waals surface area contributed by atoms with E-state index in [9.17, 15) is 44.4 Å². The topological polar surface area (TPSA) is 257 Å². The van der Waals surface area contributed by atoms with E-state index in [1.165, 1.54) is 36.4 Å². The van der Waals surface area contributed by atoms with Gasteiger partial charge in [-0.25, -0.2) is 0 Å². The molecule has 60 heavy (non-hydrogen) atoms. The molecule has 0 unspecified atom stereocenters. The van der Waals surface area contributed by atoms with Gasteiger partial charge in [0.15, 0.2) is 53.4 Å². The molecular weight excluding hydrogens is 786 g/mol. The van der Waals surface area contributed by atoms with Crippen molar-refractivity contribution in [2.24, 2.45) is 5.73 Å². The van der Waals surface area contributed by atoms with E-state index in [1.54, 1.807) is 34.6 Å². The zero-order valence-corrected chi connectivity index (χ0v) is 33.7. The van der Waals surface area contributed by atoms with Crippen molar-refractivity contribution in [3.8, 4) is 5.75 Å². The Balaban J connectivity index is 0.970. The summed E-state index contributed by atoms with van der Waals surface area (Å²) in [5.41, 5.74) is -2.18. The number of allylic oxidation sites excluding steroid dienone is 2. The number of hydrogen-bond acceptors (Lipinski definition) is 17. The predicted molar refractivity (Wildman–Crippen MR) is 204 cm³/mol. The Morgan fingerprint density at radius 3 is 2.30 bits per heavy atom. The molecular formula is C43H49NO16. The number of phenols is 1. The summed E-state index contributed by atoms with van der Waals surface area (Å²) in [6.07, 6.45) is -2.55. The fourth-order valence-electron chi connectivity index (χ4n) is 9.40. The smallest absolute Gasteiger partial charge is 0.199 e. The fraction of sp³-hybridized carbons (Fsp3) is 0.558. The molecule has 3 aliphatic carbocycles. The van der Waals surface area contributed by atoms with Crippen LogP contribution < -0.4 is 5.73 Å². The molecule has 0 bridgehead atoms. The number of benzene rings is 1. The number of rotatable bonds is 7. The van der Waals surface area contributed by atoms with Crippen LogP contribution in [0.2, 0.25) is 0 Å². The molecule has 1 saturated carbocycles. The van der Waals surface area contributed by atoms with Crippen LogP contribution in [-0.4, -0.2) is 128 Å². The van der Waals surface area contributed by atoms with Gasteiger partial charge in [-0.15, -0.1) is 0 Å². The normalized spacial score (nSPS) is 41.8. The van der Waals surface area contributed by atoms with Crippen molar-refractivity contribution in [1.29, 1.82) is 0 Å². The molecule has 4 aliphatic heterocycles. The van der Waals surface area contributed by atoms with E-state index in [0.29, 0.717) is 12.8 Å². The highest BCUT2D eigenvalue weighted by atomic mass is 16.7. The molecule has 14 atom stereocenters. The van der Waals surface area contributed by atoms with Crippen molar-refractivity contribution in [1.82, 2.24) is 0 Å². The van der Waals surface area contributed by atoms with Crippen molar-refractivity contribution >= 4 is 28.9 Å². The molecule has 8 rings (SSSR count). The maximum atomic E-state index is 14.3. The van der Waals surface area contributed by atoms with Gasteiger partial charge in [-0.1, -0.05) is 12.1 Å². The maximum absolute atomic E-state index is 14.3. The third kappa shape index (κ3) is 7.03. The number of aliphatic hydroxyl groups is 3. The van der Waals surface area contributed by atoms with Gasteiger partial charge in [0.1, 0.15) is 29.7 Å². The first-order valence-corrected chi connectivity index (χ1v) is 20.1. The third-order valence-electron chi connectivity index (χ3n) is 12.6. The molecule has 0 aromatic heterocycles. The second-order valence-electron chi connectivity index (χ2n) is 17.0. The van der Waals surface area contributed by atoms with E-state index in [-0.39, 0.29) is 52.4 Å². The van der Waals surface area contributed by atoms with E-state index in [2.05, 4.69) is 0 Å². The summed E-state index contributed by atoms with van der Waals surface area (Å²) in [5, 5.41) is 47.1. The van der Waals surface area contributed by atoms with Crippen LogP contribution in [0.4, 0.5) is 0 Å². The van der Waals surface area contributed by atoms with E-state index in [0.717, 1.165) is 6.08 Å². The molecule has 322 valence electrons. The van der Waals surface area contributed by atoms with E-state index < -0.39 is 120 Å². The predicted octanol–water partition coefficient (Wildman–Crippen LogP) is 1.77. The monoisotopic (exact) mass is 835 g/mol. The zero-order valence-electron chi connectivity index (χ0n) is 33.7. The Bertz CT molecular complexity index is 2150. The van der Waals surface area contributed by atoms with Crippen molar-refractivity contribution in [2.45, 2.75) is 151 Å². The number of Topliss-reactive ketones (excluding diaryl/α,β-unsaturated/α-hetero) is 3. The summed E-state index contributed by atoms with van der Waals surface area (Å²) >= 11 is 0. The minimum atomic E-state index is -2.84. The van der Waals surface area contributed by atoms with Crippen LogP contribution >= 0.6 is 0 Å². The molecule has 7 aliphatic rings. The number of ether oxygens (including phenoxy) is 7. The highest BCUT2D eigenvalue weighted by Crippen LogP contribution is 2.53. The minimum Gasteiger partial charge on any atom is -0.507 e.